The van der Waals surface area contributed by atoms with E-state index >= 15 is 0 Å². The number of carbonyl (C=O) groups is 2. The van der Waals surface area contributed by atoms with Crippen molar-refractivity contribution in [1.29, 1.82) is 0 Å². The van der Waals surface area contributed by atoms with Gasteiger partial charge in [-0.1, -0.05) is 30.3 Å². The molecule has 122 valence electrons. The predicted molar refractivity (Wildman–Crippen MR) is 83.2 cm³/mol. The predicted octanol–water partition coefficient (Wildman–Crippen LogP) is 1.64. The lowest BCUT2D eigenvalue weighted by Gasteiger charge is -2.43. The summed E-state index contributed by atoms with van der Waals surface area (Å²) >= 11 is 0. The highest BCUT2D eigenvalue weighted by molar-refractivity contribution is 5.95. The van der Waals surface area contributed by atoms with E-state index in [9.17, 15) is 14.7 Å². The van der Waals surface area contributed by atoms with Gasteiger partial charge in [0.05, 0.1) is 5.70 Å². The van der Waals surface area contributed by atoms with Crippen LogP contribution < -0.4 is 5.32 Å². The molecule has 0 aromatic heterocycles. The number of carboxylic acid groups (broad SMARTS) is 1. The Morgan fingerprint density at radius 1 is 1.13 bits per heavy atom. The Hall–Kier alpha value is -2.64. The summed E-state index contributed by atoms with van der Waals surface area (Å²) in [6.07, 6.45) is 2.92. The van der Waals surface area contributed by atoms with Gasteiger partial charge in [-0.3, -0.25) is 0 Å². The lowest BCUT2D eigenvalue weighted by Crippen LogP contribution is -2.59. The number of benzene rings is 1. The molecule has 1 aliphatic heterocycles. The van der Waals surface area contributed by atoms with Crippen LogP contribution in [-0.4, -0.2) is 49.2 Å². The molecule has 0 saturated heterocycles. The van der Waals surface area contributed by atoms with Crippen LogP contribution in [-0.2, 0) is 14.3 Å². The SMILES string of the molecule is CNC(=O)N1C(c2ccccc2)=CC=C(C(=O)O)C1(OC)OC. The quantitative estimate of drug-likeness (QED) is 0.824. The molecule has 1 aromatic rings. The van der Waals surface area contributed by atoms with Crippen molar-refractivity contribution in [3.05, 3.63) is 53.6 Å². The number of carboxylic acids is 1. The molecule has 2 amide bonds. The van der Waals surface area contributed by atoms with E-state index in [-0.39, 0.29) is 5.57 Å². The van der Waals surface area contributed by atoms with E-state index in [0.29, 0.717) is 5.70 Å². The fourth-order valence-corrected chi connectivity index (χ4v) is 2.50. The van der Waals surface area contributed by atoms with Gasteiger partial charge in [0, 0.05) is 21.3 Å². The number of aliphatic carboxylic acids is 1. The molecule has 0 fully saturated rings. The number of nitrogens with one attached hydrogen (secondary N) is 1. The van der Waals surface area contributed by atoms with Gasteiger partial charge >= 0.3 is 12.0 Å². The molecule has 2 N–H and O–H groups in total. The summed E-state index contributed by atoms with van der Waals surface area (Å²) < 4.78 is 10.7. The molecule has 0 bridgehead atoms. The molecule has 7 heteroatoms. The Labute approximate surface area is 133 Å². The van der Waals surface area contributed by atoms with E-state index in [4.69, 9.17) is 9.47 Å². The summed E-state index contributed by atoms with van der Waals surface area (Å²) in [4.78, 5) is 25.2. The monoisotopic (exact) mass is 318 g/mol. The summed E-state index contributed by atoms with van der Waals surface area (Å²) in [6, 6.07) is 8.52. The molecule has 0 atom stereocenters. The van der Waals surface area contributed by atoms with Crippen molar-refractivity contribution in [3.8, 4) is 0 Å². The fourth-order valence-electron chi connectivity index (χ4n) is 2.50. The normalized spacial score (nSPS) is 16.4. The number of hydrogen-bond donors (Lipinski definition) is 2. The van der Waals surface area contributed by atoms with Gasteiger partial charge in [-0.15, -0.1) is 0 Å². The molecule has 0 spiro atoms. The largest absolute Gasteiger partial charge is 0.478 e. The second-order valence-corrected chi connectivity index (χ2v) is 4.68. The molecule has 0 radical (unpaired) electrons. The van der Waals surface area contributed by atoms with Crippen LogP contribution in [0.3, 0.4) is 0 Å². The highest BCUT2D eigenvalue weighted by Gasteiger charge is 2.50. The molecule has 0 aliphatic carbocycles. The first-order valence-corrected chi connectivity index (χ1v) is 6.85. The van der Waals surface area contributed by atoms with Gasteiger partial charge in [-0.2, -0.15) is 0 Å². The Morgan fingerprint density at radius 2 is 1.74 bits per heavy atom. The Kier molecular flexibility index (Phi) is 4.83. The van der Waals surface area contributed by atoms with E-state index in [1.54, 1.807) is 18.2 Å². The van der Waals surface area contributed by atoms with Crippen LogP contribution in [0.4, 0.5) is 4.79 Å². The third-order valence-electron chi connectivity index (χ3n) is 3.55. The van der Waals surface area contributed by atoms with Crippen molar-refractivity contribution >= 4 is 17.7 Å². The first kappa shape index (κ1) is 16.7. The lowest BCUT2D eigenvalue weighted by atomic mass is 10.0. The second kappa shape index (κ2) is 6.64. The first-order chi connectivity index (χ1) is 11.0. The van der Waals surface area contributed by atoms with Crippen molar-refractivity contribution in [2.24, 2.45) is 0 Å². The zero-order valence-corrected chi connectivity index (χ0v) is 13.1. The van der Waals surface area contributed by atoms with Crippen molar-refractivity contribution in [2.75, 3.05) is 21.3 Å². The highest BCUT2D eigenvalue weighted by atomic mass is 16.7. The second-order valence-electron chi connectivity index (χ2n) is 4.68. The zero-order valence-electron chi connectivity index (χ0n) is 13.1. The van der Waals surface area contributed by atoms with Crippen LogP contribution in [0.1, 0.15) is 5.56 Å². The minimum atomic E-state index is -1.87. The molecule has 0 unspecified atom stereocenters. The van der Waals surface area contributed by atoms with Gasteiger partial charge in [-0.25, -0.2) is 14.5 Å². The maximum absolute atomic E-state index is 12.4. The average Bonchev–Trinajstić information content (AvgIpc) is 2.60. The number of methoxy groups -OCH3 is 2. The molecule has 1 aromatic carbocycles. The van der Waals surface area contributed by atoms with E-state index < -0.39 is 17.9 Å². The van der Waals surface area contributed by atoms with Crippen molar-refractivity contribution in [1.82, 2.24) is 10.2 Å². The van der Waals surface area contributed by atoms with Crippen LogP contribution in [0, 0.1) is 0 Å². The molecule has 2 rings (SSSR count). The van der Waals surface area contributed by atoms with Gasteiger partial charge in [-0.05, 0) is 17.7 Å². The maximum atomic E-state index is 12.4. The summed E-state index contributed by atoms with van der Waals surface area (Å²) in [6.45, 7) is 0. The number of nitrogens with zero attached hydrogens (tertiary/aromatic N) is 1. The Bertz CT molecular complexity index is 662. The summed E-state index contributed by atoms with van der Waals surface area (Å²) in [5, 5.41) is 11.9. The van der Waals surface area contributed by atoms with E-state index in [1.807, 2.05) is 18.2 Å². The maximum Gasteiger partial charge on any atom is 0.339 e. The van der Waals surface area contributed by atoms with Gasteiger partial charge in [0.15, 0.2) is 0 Å². The van der Waals surface area contributed by atoms with Gasteiger partial charge in [0.2, 0.25) is 0 Å². The van der Waals surface area contributed by atoms with Gasteiger partial charge < -0.3 is 19.9 Å². The summed E-state index contributed by atoms with van der Waals surface area (Å²) in [7, 11) is 4.01. The van der Waals surface area contributed by atoms with Crippen molar-refractivity contribution in [2.45, 2.75) is 5.91 Å². The first-order valence-electron chi connectivity index (χ1n) is 6.85. The molecule has 1 aliphatic rings. The molecular weight excluding hydrogens is 300 g/mol. The number of allylic oxidation sites excluding steroid dienone is 2. The topological polar surface area (TPSA) is 88.1 Å². The molecular formula is C16H18N2O5. The Morgan fingerprint density at radius 3 is 2.22 bits per heavy atom. The molecule has 0 saturated carbocycles. The fraction of sp³-hybridized carbons (Fsp3) is 0.250. The minimum Gasteiger partial charge on any atom is -0.478 e. The molecule has 1 heterocycles. The standard InChI is InChI=1S/C16H18N2O5/c1-17-15(21)18-13(11-7-5-4-6-8-11)10-9-12(14(19)20)16(18,22-2)23-3/h4-10H,1-3H3,(H,17,21)(H,19,20). The number of hydrogen-bond acceptors (Lipinski definition) is 4. The average molecular weight is 318 g/mol. The van der Waals surface area contributed by atoms with Gasteiger partial charge in [0.25, 0.3) is 5.91 Å². The Balaban J connectivity index is 2.70. The number of amides is 2. The minimum absolute atomic E-state index is 0.203. The number of carbonyl (C=O) groups excluding carboxylic acids is 1. The zero-order chi connectivity index (χ0) is 17.0. The van der Waals surface area contributed by atoms with Crippen LogP contribution in [0.2, 0.25) is 0 Å². The van der Waals surface area contributed by atoms with Crippen LogP contribution in [0.25, 0.3) is 5.70 Å². The number of urea groups is 1. The smallest absolute Gasteiger partial charge is 0.339 e. The van der Waals surface area contributed by atoms with Crippen molar-refractivity contribution in [3.63, 3.8) is 0 Å². The number of ether oxygens (including phenoxy) is 2. The third-order valence-corrected chi connectivity index (χ3v) is 3.55. The van der Waals surface area contributed by atoms with E-state index in [1.165, 1.54) is 27.3 Å². The van der Waals surface area contributed by atoms with Crippen LogP contribution in [0.5, 0.6) is 0 Å². The lowest BCUT2D eigenvalue weighted by molar-refractivity contribution is -0.238. The van der Waals surface area contributed by atoms with Crippen LogP contribution >= 0.6 is 0 Å². The van der Waals surface area contributed by atoms with Crippen LogP contribution in [0.15, 0.2) is 48.1 Å². The molecule has 23 heavy (non-hydrogen) atoms. The summed E-state index contributed by atoms with van der Waals surface area (Å²) in [5.41, 5.74) is 0.972. The molecule has 7 nitrogen and oxygen atoms in total. The number of rotatable bonds is 4. The van der Waals surface area contributed by atoms with E-state index in [2.05, 4.69) is 5.32 Å². The van der Waals surface area contributed by atoms with E-state index in [0.717, 1.165) is 10.5 Å². The van der Waals surface area contributed by atoms with Crippen molar-refractivity contribution < 1.29 is 24.2 Å². The summed E-state index contributed by atoms with van der Waals surface area (Å²) in [5.74, 6) is -3.11. The highest BCUT2D eigenvalue weighted by Crippen LogP contribution is 2.38. The third kappa shape index (κ3) is 2.71. The van der Waals surface area contributed by atoms with Gasteiger partial charge in [0.1, 0.15) is 5.57 Å².